The first-order valence-corrected chi connectivity index (χ1v) is 11.5. The molecule has 2 aliphatic rings. The smallest absolute Gasteiger partial charge is 0.236 e. The van der Waals surface area contributed by atoms with Crippen molar-refractivity contribution in [1.29, 1.82) is 0 Å². The predicted octanol–water partition coefficient (Wildman–Crippen LogP) is 5.41. The number of thiocarbonyl (C=S) groups is 1. The Labute approximate surface area is 199 Å². The van der Waals surface area contributed by atoms with Gasteiger partial charge in [0.15, 0.2) is 10.8 Å². The van der Waals surface area contributed by atoms with Crippen molar-refractivity contribution in [3.05, 3.63) is 89.0 Å². The Bertz CT molecular complexity index is 1270. The van der Waals surface area contributed by atoms with Crippen LogP contribution in [0.2, 0.25) is 0 Å². The fourth-order valence-corrected chi connectivity index (χ4v) is 5.48. The van der Waals surface area contributed by atoms with Gasteiger partial charge in [-0.15, -0.1) is 0 Å². The molecule has 3 atom stereocenters. The van der Waals surface area contributed by atoms with Gasteiger partial charge in [-0.1, -0.05) is 54.1 Å². The number of rotatable bonds is 3. The number of nitrogens with one attached hydrogen (secondary N) is 2. The van der Waals surface area contributed by atoms with Crippen LogP contribution in [0, 0.1) is 26.7 Å². The molecule has 0 aromatic heterocycles. The van der Waals surface area contributed by atoms with Gasteiger partial charge in [-0.05, 0) is 69.2 Å². The van der Waals surface area contributed by atoms with E-state index in [2.05, 4.69) is 16.7 Å². The molecule has 0 radical (unpaired) electrons. The van der Waals surface area contributed by atoms with Crippen LogP contribution in [0.5, 0.6) is 5.75 Å². The third-order valence-electron chi connectivity index (χ3n) is 6.69. The second-order valence-electron chi connectivity index (χ2n) is 9.03. The molecule has 2 bridgehead atoms. The van der Waals surface area contributed by atoms with Crippen molar-refractivity contribution in [2.75, 3.05) is 10.2 Å². The molecule has 5 nitrogen and oxygen atoms in total. The summed E-state index contributed by atoms with van der Waals surface area (Å²) in [5.41, 5.74) is 4.86. The summed E-state index contributed by atoms with van der Waals surface area (Å²) in [6, 6.07) is 21.6. The average Bonchev–Trinajstić information content (AvgIpc) is 2.76. The summed E-state index contributed by atoms with van der Waals surface area (Å²) in [6.07, 6.45) is 0. The maximum absolute atomic E-state index is 13.9. The van der Waals surface area contributed by atoms with Gasteiger partial charge in [0.05, 0.1) is 6.04 Å². The Morgan fingerprint density at radius 3 is 2.52 bits per heavy atom. The van der Waals surface area contributed by atoms with E-state index >= 15 is 0 Å². The van der Waals surface area contributed by atoms with Gasteiger partial charge < -0.3 is 15.4 Å². The number of ether oxygens (including phenoxy) is 1. The molecule has 5 rings (SSSR count). The van der Waals surface area contributed by atoms with E-state index in [1.807, 2.05) is 93.3 Å². The van der Waals surface area contributed by atoms with E-state index in [4.69, 9.17) is 17.0 Å². The molecule has 0 saturated carbocycles. The van der Waals surface area contributed by atoms with Crippen molar-refractivity contribution < 1.29 is 9.53 Å². The van der Waals surface area contributed by atoms with Crippen LogP contribution in [0.15, 0.2) is 66.7 Å². The van der Waals surface area contributed by atoms with Crippen LogP contribution in [-0.4, -0.2) is 16.7 Å². The molecule has 33 heavy (non-hydrogen) atoms. The number of hydrogen-bond donors (Lipinski definition) is 2. The van der Waals surface area contributed by atoms with Gasteiger partial charge in [-0.3, -0.25) is 9.69 Å². The van der Waals surface area contributed by atoms with Crippen LogP contribution >= 0.6 is 12.2 Å². The second kappa shape index (κ2) is 7.89. The maximum Gasteiger partial charge on any atom is 0.236 e. The van der Waals surface area contributed by atoms with Crippen LogP contribution in [0.25, 0.3) is 0 Å². The molecular weight excluding hydrogens is 430 g/mol. The van der Waals surface area contributed by atoms with Gasteiger partial charge in [-0.2, -0.15) is 0 Å². The molecule has 3 aromatic rings. The zero-order chi connectivity index (χ0) is 23.3. The van der Waals surface area contributed by atoms with E-state index in [0.29, 0.717) is 5.11 Å². The monoisotopic (exact) mass is 457 g/mol. The number of amides is 1. The largest absolute Gasteiger partial charge is 0.467 e. The van der Waals surface area contributed by atoms with Gasteiger partial charge in [0, 0.05) is 16.9 Å². The zero-order valence-electron chi connectivity index (χ0n) is 19.2. The standard InChI is InChI=1S/C27H27N3O2S/c1-16-13-14-20(18(3)15-16)28-25(31)23-24-19-10-6-8-12-22(19)32-27(23,4)30(26(33)29-24)21-11-7-5-9-17(21)2/h5-15,23-24H,1-4H3,(H,28,31)(H,29,33)/t23-,24-,27-/m0/s1. The number of aryl methyl sites for hydroxylation is 3. The van der Waals surface area contributed by atoms with Crippen molar-refractivity contribution in [1.82, 2.24) is 5.32 Å². The molecule has 1 saturated heterocycles. The molecule has 2 heterocycles. The highest BCUT2D eigenvalue weighted by atomic mass is 32.1. The number of para-hydroxylation sites is 2. The Hall–Kier alpha value is -3.38. The molecule has 6 heteroatoms. The summed E-state index contributed by atoms with van der Waals surface area (Å²) >= 11 is 5.83. The number of carbonyl (C=O) groups excluding carboxylic acids is 1. The first-order chi connectivity index (χ1) is 15.8. The van der Waals surface area contributed by atoms with Crippen molar-refractivity contribution in [2.24, 2.45) is 5.92 Å². The van der Waals surface area contributed by atoms with Crippen LogP contribution in [0.4, 0.5) is 11.4 Å². The average molecular weight is 458 g/mol. The summed E-state index contributed by atoms with van der Waals surface area (Å²) in [5, 5.41) is 7.17. The Morgan fingerprint density at radius 1 is 1.03 bits per heavy atom. The number of benzene rings is 3. The highest BCUT2D eigenvalue weighted by Crippen LogP contribution is 2.50. The lowest BCUT2D eigenvalue weighted by Gasteiger charge is -2.56. The van der Waals surface area contributed by atoms with E-state index in [1.165, 1.54) is 0 Å². The SMILES string of the molecule is Cc1ccc(NC(=O)[C@@H]2[C@H]3NC(=S)N(c4ccccc4C)[C@@]2(C)Oc2ccccc23)c(C)c1. The molecular formula is C27H27N3O2S. The number of hydrogen-bond acceptors (Lipinski definition) is 3. The molecule has 0 aliphatic carbocycles. The highest BCUT2D eigenvalue weighted by Gasteiger charge is 2.59. The molecule has 3 aromatic carbocycles. The number of carbonyl (C=O) groups is 1. The Morgan fingerprint density at radius 2 is 1.76 bits per heavy atom. The van der Waals surface area contributed by atoms with Crippen LogP contribution in [-0.2, 0) is 4.79 Å². The number of nitrogens with zero attached hydrogens (tertiary/aromatic N) is 1. The van der Waals surface area contributed by atoms with E-state index in [9.17, 15) is 4.79 Å². The second-order valence-corrected chi connectivity index (χ2v) is 9.42. The van der Waals surface area contributed by atoms with Gasteiger partial charge in [0.1, 0.15) is 11.7 Å². The first-order valence-electron chi connectivity index (χ1n) is 11.1. The zero-order valence-corrected chi connectivity index (χ0v) is 20.0. The third kappa shape index (κ3) is 3.45. The van der Waals surface area contributed by atoms with E-state index in [0.717, 1.165) is 39.4 Å². The molecule has 1 amide bonds. The van der Waals surface area contributed by atoms with E-state index in [-0.39, 0.29) is 11.9 Å². The fraction of sp³-hybridized carbons (Fsp3) is 0.259. The topological polar surface area (TPSA) is 53.6 Å². The third-order valence-corrected chi connectivity index (χ3v) is 6.99. The molecule has 0 spiro atoms. The van der Waals surface area contributed by atoms with Crippen LogP contribution < -0.4 is 20.3 Å². The van der Waals surface area contributed by atoms with Crippen molar-refractivity contribution in [2.45, 2.75) is 39.5 Å². The van der Waals surface area contributed by atoms with Gasteiger partial charge >= 0.3 is 0 Å². The fourth-order valence-electron chi connectivity index (χ4n) is 5.07. The Balaban J connectivity index is 1.63. The minimum Gasteiger partial charge on any atom is -0.467 e. The summed E-state index contributed by atoms with van der Waals surface area (Å²) in [7, 11) is 0. The summed E-state index contributed by atoms with van der Waals surface area (Å²) in [4.78, 5) is 15.9. The normalized spacial score (nSPS) is 23.3. The minimum absolute atomic E-state index is 0.113. The molecule has 0 unspecified atom stereocenters. The van der Waals surface area contributed by atoms with E-state index < -0.39 is 11.6 Å². The summed E-state index contributed by atoms with van der Waals surface area (Å²) in [5.74, 6) is 0.0890. The lowest BCUT2D eigenvalue weighted by Crippen LogP contribution is -2.72. The first kappa shape index (κ1) is 21.5. The molecule has 2 aliphatic heterocycles. The lowest BCUT2D eigenvalue weighted by molar-refractivity contribution is -0.130. The van der Waals surface area contributed by atoms with Crippen molar-refractivity contribution >= 4 is 34.6 Å². The van der Waals surface area contributed by atoms with Crippen molar-refractivity contribution in [3.63, 3.8) is 0 Å². The Kier molecular flexibility index (Phi) is 5.13. The minimum atomic E-state index is -1.02. The van der Waals surface area contributed by atoms with Gasteiger partial charge in [0.2, 0.25) is 5.91 Å². The number of anilines is 2. The molecule has 1 fully saturated rings. The predicted molar refractivity (Wildman–Crippen MR) is 136 cm³/mol. The molecule has 168 valence electrons. The van der Waals surface area contributed by atoms with Gasteiger partial charge in [-0.25, -0.2) is 0 Å². The highest BCUT2D eigenvalue weighted by molar-refractivity contribution is 7.80. The van der Waals surface area contributed by atoms with Crippen LogP contribution in [0.3, 0.4) is 0 Å². The maximum atomic E-state index is 13.9. The molecule has 2 N–H and O–H groups in total. The summed E-state index contributed by atoms with van der Waals surface area (Å²) in [6.45, 7) is 8.04. The number of fused-ring (bicyclic) bond motifs is 4. The lowest BCUT2D eigenvalue weighted by atomic mass is 9.78. The van der Waals surface area contributed by atoms with Gasteiger partial charge in [0.25, 0.3) is 0 Å². The van der Waals surface area contributed by atoms with Crippen molar-refractivity contribution in [3.8, 4) is 5.75 Å². The van der Waals surface area contributed by atoms with Crippen LogP contribution in [0.1, 0.15) is 35.2 Å². The quantitative estimate of drug-likeness (QED) is 0.515. The van der Waals surface area contributed by atoms with E-state index in [1.54, 1.807) is 0 Å². The summed E-state index contributed by atoms with van der Waals surface area (Å²) < 4.78 is 6.64.